The van der Waals surface area contributed by atoms with E-state index in [1.165, 1.54) is 0 Å². The molecule has 0 saturated heterocycles. The topological polar surface area (TPSA) is 71.2 Å². The van der Waals surface area contributed by atoms with Gasteiger partial charge in [-0.2, -0.15) is 0 Å². The Hall–Kier alpha value is -2.02. The molecular formula is C16H17N3O2S. The second-order valence-electron chi connectivity index (χ2n) is 5.20. The van der Waals surface area contributed by atoms with E-state index in [1.54, 1.807) is 42.9 Å². The predicted molar refractivity (Wildman–Crippen MR) is 85.3 cm³/mol. The summed E-state index contributed by atoms with van der Waals surface area (Å²) in [6, 6.07) is 9.32. The summed E-state index contributed by atoms with van der Waals surface area (Å²) in [5.41, 5.74) is -0.154. The van der Waals surface area contributed by atoms with Crippen LogP contribution in [0.5, 0.6) is 0 Å². The van der Waals surface area contributed by atoms with E-state index in [9.17, 15) is 5.11 Å². The van der Waals surface area contributed by atoms with E-state index < -0.39 is 5.60 Å². The van der Waals surface area contributed by atoms with Crippen LogP contribution in [0.4, 0.5) is 0 Å². The molecule has 0 aromatic carbocycles. The minimum absolute atomic E-state index is 0.400. The van der Waals surface area contributed by atoms with Crippen LogP contribution in [0.25, 0.3) is 10.7 Å². The summed E-state index contributed by atoms with van der Waals surface area (Å²) in [7, 11) is 0. The number of thiazole rings is 1. The highest BCUT2D eigenvalue weighted by Crippen LogP contribution is 2.24. The summed E-state index contributed by atoms with van der Waals surface area (Å²) < 4.78 is 5.25. The van der Waals surface area contributed by atoms with Crippen molar-refractivity contribution in [3.63, 3.8) is 0 Å². The molecule has 2 N–H and O–H groups in total. The van der Waals surface area contributed by atoms with Crippen LogP contribution in [0.15, 0.2) is 53.4 Å². The lowest BCUT2D eigenvalue weighted by atomic mass is 10.0. The third-order valence-corrected chi connectivity index (χ3v) is 4.28. The predicted octanol–water partition coefficient (Wildman–Crippen LogP) is 2.80. The van der Waals surface area contributed by atoms with Gasteiger partial charge in [-0.15, -0.1) is 11.3 Å². The van der Waals surface area contributed by atoms with Gasteiger partial charge in [0, 0.05) is 30.4 Å². The molecule has 5 nitrogen and oxygen atoms in total. The number of hydrogen-bond donors (Lipinski definition) is 2. The third-order valence-electron chi connectivity index (χ3n) is 3.26. The van der Waals surface area contributed by atoms with E-state index in [0.29, 0.717) is 18.8 Å². The van der Waals surface area contributed by atoms with Crippen molar-refractivity contribution < 1.29 is 9.52 Å². The van der Waals surface area contributed by atoms with Crippen LogP contribution in [0, 0.1) is 0 Å². The number of rotatable bonds is 6. The fourth-order valence-electron chi connectivity index (χ4n) is 2.10. The molecule has 0 aliphatic heterocycles. The van der Waals surface area contributed by atoms with E-state index in [1.807, 2.05) is 24.4 Å². The SMILES string of the molecule is CC(O)(CNCc1cnc(-c2ccccn2)s1)c1ccco1. The summed E-state index contributed by atoms with van der Waals surface area (Å²) in [5, 5.41) is 14.5. The van der Waals surface area contributed by atoms with Crippen LogP contribution in [0.2, 0.25) is 0 Å². The van der Waals surface area contributed by atoms with Gasteiger partial charge in [0.2, 0.25) is 0 Å². The van der Waals surface area contributed by atoms with Crippen molar-refractivity contribution in [1.29, 1.82) is 0 Å². The zero-order valence-corrected chi connectivity index (χ0v) is 13.0. The minimum atomic E-state index is -1.03. The Balaban J connectivity index is 1.58. The van der Waals surface area contributed by atoms with Gasteiger partial charge in [-0.3, -0.25) is 4.98 Å². The maximum absolute atomic E-state index is 10.4. The highest BCUT2D eigenvalue weighted by atomic mass is 32.1. The minimum Gasteiger partial charge on any atom is -0.466 e. The van der Waals surface area contributed by atoms with E-state index in [4.69, 9.17) is 4.42 Å². The second-order valence-corrected chi connectivity index (χ2v) is 6.32. The molecule has 0 fully saturated rings. The number of furan rings is 1. The molecule has 0 aliphatic rings. The van der Waals surface area contributed by atoms with Crippen molar-refractivity contribution in [3.05, 3.63) is 59.6 Å². The second kappa shape index (κ2) is 6.39. The van der Waals surface area contributed by atoms with Gasteiger partial charge in [0.25, 0.3) is 0 Å². The first-order valence-corrected chi connectivity index (χ1v) is 7.80. The lowest BCUT2D eigenvalue weighted by Crippen LogP contribution is -2.34. The Kier molecular flexibility index (Phi) is 4.33. The van der Waals surface area contributed by atoms with Crippen molar-refractivity contribution >= 4 is 11.3 Å². The van der Waals surface area contributed by atoms with Crippen molar-refractivity contribution in [1.82, 2.24) is 15.3 Å². The Morgan fingerprint density at radius 1 is 1.27 bits per heavy atom. The molecule has 0 bridgehead atoms. The first-order chi connectivity index (χ1) is 10.6. The lowest BCUT2D eigenvalue weighted by Gasteiger charge is -2.20. The number of pyridine rings is 1. The number of aromatic nitrogens is 2. The molecule has 1 atom stereocenters. The summed E-state index contributed by atoms with van der Waals surface area (Å²) >= 11 is 1.59. The largest absolute Gasteiger partial charge is 0.466 e. The first kappa shape index (κ1) is 14.9. The van der Waals surface area contributed by atoms with Gasteiger partial charge in [-0.25, -0.2) is 4.98 Å². The molecule has 1 unspecified atom stereocenters. The van der Waals surface area contributed by atoms with Crippen LogP contribution in [0.3, 0.4) is 0 Å². The normalized spacial score (nSPS) is 13.9. The molecule has 0 radical (unpaired) electrons. The number of aliphatic hydroxyl groups is 1. The van der Waals surface area contributed by atoms with Crippen molar-refractivity contribution in [2.45, 2.75) is 19.1 Å². The van der Waals surface area contributed by atoms with Gasteiger partial charge in [0.1, 0.15) is 16.4 Å². The molecule has 22 heavy (non-hydrogen) atoms. The van der Waals surface area contributed by atoms with E-state index >= 15 is 0 Å². The van der Waals surface area contributed by atoms with Crippen LogP contribution >= 0.6 is 11.3 Å². The van der Waals surface area contributed by atoms with Crippen LogP contribution in [0.1, 0.15) is 17.6 Å². The highest BCUT2D eigenvalue weighted by Gasteiger charge is 2.25. The molecule has 114 valence electrons. The number of nitrogens with zero attached hydrogens (tertiary/aromatic N) is 2. The molecule has 0 aliphatic carbocycles. The van der Waals surface area contributed by atoms with Gasteiger partial charge in [-0.05, 0) is 31.2 Å². The number of nitrogens with one attached hydrogen (secondary N) is 1. The number of hydrogen-bond acceptors (Lipinski definition) is 6. The quantitative estimate of drug-likeness (QED) is 0.732. The van der Waals surface area contributed by atoms with E-state index in [2.05, 4.69) is 15.3 Å². The fourth-order valence-corrected chi connectivity index (χ4v) is 2.96. The maximum Gasteiger partial charge on any atom is 0.142 e. The maximum atomic E-state index is 10.4. The molecule has 3 heterocycles. The van der Waals surface area contributed by atoms with Crippen molar-refractivity contribution in [3.8, 4) is 10.7 Å². The van der Waals surface area contributed by atoms with Gasteiger partial charge in [0.05, 0.1) is 12.0 Å². The van der Waals surface area contributed by atoms with Crippen molar-refractivity contribution in [2.75, 3.05) is 6.54 Å². The van der Waals surface area contributed by atoms with Crippen LogP contribution in [-0.4, -0.2) is 21.6 Å². The Labute approximate surface area is 132 Å². The molecule has 0 amide bonds. The lowest BCUT2D eigenvalue weighted by molar-refractivity contribution is 0.0341. The molecule has 0 spiro atoms. The van der Waals surface area contributed by atoms with E-state index in [0.717, 1.165) is 15.6 Å². The molecule has 3 aromatic heterocycles. The van der Waals surface area contributed by atoms with Gasteiger partial charge in [-0.1, -0.05) is 6.07 Å². The summed E-state index contributed by atoms with van der Waals surface area (Å²) in [5.74, 6) is 0.554. The molecule has 3 aromatic rings. The monoisotopic (exact) mass is 315 g/mol. The zero-order valence-electron chi connectivity index (χ0n) is 12.2. The van der Waals surface area contributed by atoms with Crippen LogP contribution < -0.4 is 5.32 Å². The smallest absolute Gasteiger partial charge is 0.142 e. The van der Waals surface area contributed by atoms with Gasteiger partial charge < -0.3 is 14.8 Å². The Morgan fingerprint density at radius 3 is 2.91 bits per heavy atom. The van der Waals surface area contributed by atoms with Crippen LogP contribution in [-0.2, 0) is 12.1 Å². The van der Waals surface area contributed by atoms with Gasteiger partial charge in [0.15, 0.2) is 0 Å². The zero-order chi connectivity index (χ0) is 15.4. The first-order valence-electron chi connectivity index (χ1n) is 6.98. The van der Waals surface area contributed by atoms with Gasteiger partial charge >= 0.3 is 0 Å². The standard InChI is InChI=1S/C16H17N3O2S/c1-16(20,14-6-4-8-21-14)11-17-9-12-10-19-15(22-12)13-5-2-3-7-18-13/h2-8,10,17,20H,9,11H2,1H3. The Morgan fingerprint density at radius 2 is 2.18 bits per heavy atom. The Bertz CT molecular complexity index is 708. The fraction of sp³-hybridized carbons (Fsp3) is 0.250. The average Bonchev–Trinajstić information content (AvgIpc) is 3.20. The summed E-state index contributed by atoms with van der Waals surface area (Å²) in [6.07, 6.45) is 5.16. The highest BCUT2D eigenvalue weighted by molar-refractivity contribution is 7.14. The van der Waals surface area contributed by atoms with Crippen molar-refractivity contribution in [2.24, 2.45) is 0 Å². The average molecular weight is 315 g/mol. The molecular weight excluding hydrogens is 298 g/mol. The van der Waals surface area contributed by atoms with E-state index in [-0.39, 0.29) is 0 Å². The summed E-state index contributed by atoms with van der Waals surface area (Å²) in [6.45, 7) is 2.77. The molecule has 3 rings (SSSR count). The third kappa shape index (κ3) is 3.41. The molecule has 6 heteroatoms. The molecule has 0 saturated carbocycles. The summed E-state index contributed by atoms with van der Waals surface area (Å²) in [4.78, 5) is 9.77.